The highest BCUT2D eigenvalue weighted by atomic mass is 16.5. The number of phenols is 1. The van der Waals surface area contributed by atoms with Gasteiger partial charge in [0, 0.05) is 36.7 Å². The Labute approximate surface area is 247 Å². The fraction of sp³-hybridized carbons (Fsp3) is 0.417. The highest BCUT2D eigenvalue weighted by molar-refractivity contribution is 5.94. The minimum Gasteiger partial charge on any atom is -0.504 e. The number of rotatable bonds is 4. The zero-order valence-corrected chi connectivity index (χ0v) is 24.6. The number of likely N-dealkylation sites (tertiary alicyclic amines) is 1. The van der Waals surface area contributed by atoms with E-state index < -0.39 is 16.6 Å². The lowest BCUT2D eigenvalue weighted by Gasteiger charge is -2.67. The Kier molecular flexibility index (Phi) is 6.20. The number of carbonyl (C=O) groups is 1. The van der Waals surface area contributed by atoms with Gasteiger partial charge in [0.15, 0.2) is 11.5 Å². The molecule has 6 heteroatoms. The maximum atomic E-state index is 13.5. The molecule has 3 aromatic rings. The van der Waals surface area contributed by atoms with Crippen LogP contribution in [-0.2, 0) is 23.1 Å². The molecule has 1 amide bonds. The molecule has 6 nitrogen and oxygen atoms in total. The van der Waals surface area contributed by atoms with E-state index in [4.69, 9.17) is 4.74 Å². The first-order valence-corrected chi connectivity index (χ1v) is 15.1. The molecular weight excluding hydrogens is 524 g/mol. The predicted molar refractivity (Wildman–Crippen MR) is 161 cm³/mol. The molecule has 2 heterocycles. The highest BCUT2D eigenvalue weighted by Crippen LogP contribution is 2.69. The van der Waals surface area contributed by atoms with Crippen molar-refractivity contribution in [2.75, 3.05) is 20.1 Å². The summed E-state index contributed by atoms with van der Waals surface area (Å²) >= 11 is 0. The Morgan fingerprint density at radius 2 is 1.93 bits per heavy atom. The van der Waals surface area contributed by atoms with Crippen LogP contribution in [0.2, 0.25) is 0 Å². The molecule has 1 saturated carbocycles. The quantitative estimate of drug-likeness (QED) is 0.463. The number of benzene rings is 3. The standard InChI is InChI=1S/C36H38N2O4/c1-24-8-7-11-26(22-24)12-15-31(40)37(3)29-16-18-36(41)30-23-27-13-14-28(39)33-32(27)35(36,34(29,2)42-33)19-21-38(30)20-17-25-9-5-4-6-10-25/h4-11,13-14,22,29-30,39,41H,16-21,23H2,1-3H3/t29-,30-,34+,35+,36-/m1/s1. The average Bonchev–Trinajstić information content (AvgIpc) is 3.26. The number of amides is 1. The number of likely N-dealkylation sites (N-methyl/N-ethyl adjacent to an activating group) is 1. The van der Waals surface area contributed by atoms with Crippen LogP contribution >= 0.6 is 0 Å². The number of hydrogen-bond donors (Lipinski definition) is 2. The van der Waals surface area contributed by atoms with E-state index in [-0.39, 0.29) is 23.7 Å². The second kappa shape index (κ2) is 9.62. The van der Waals surface area contributed by atoms with Crippen LogP contribution in [-0.4, -0.2) is 69.3 Å². The molecule has 2 fully saturated rings. The van der Waals surface area contributed by atoms with Crippen LogP contribution in [0.25, 0.3) is 0 Å². The number of phenolic OH excluding ortho intramolecular Hbond substituents is 1. The molecule has 2 N–H and O–H groups in total. The summed E-state index contributed by atoms with van der Waals surface area (Å²) in [6, 6.07) is 21.6. The number of carbonyl (C=O) groups excluding carboxylic acids is 1. The predicted octanol–water partition coefficient (Wildman–Crippen LogP) is 4.37. The number of nitrogens with zero attached hydrogens (tertiary/aromatic N) is 2. The van der Waals surface area contributed by atoms with E-state index >= 15 is 0 Å². The molecule has 0 radical (unpaired) electrons. The summed E-state index contributed by atoms with van der Waals surface area (Å²) in [4.78, 5) is 17.7. The summed E-state index contributed by atoms with van der Waals surface area (Å²) < 4.78 is 6.82. The van der Waals surface area contributed by atoms with Crippen LogP contribution in [0.3, 0.4) is 0 Å². The first kappa shape index (κ1) is 27.1. The van der Waals surface area contributed by atoms with Gasteiger partial charge in [-0.15, -0.1) is 0 Å². The number of aliphatic hydroxyl groups is 1. The van der Waals surface area contributed by atoms with Gasteiger partial charge in [0.25, 0.3) is 5.91 Å². The Morgan fingerprint density at radius 1 is 1.12 bits per heavy atom. The maximum Gasteiger partial charge on any atom is 0.298 e. The van der Waals surface area contributed by atoms with E-state index in [0.717, 1.165) is 41.8 Å². The van der Waals surface area contributed by atoms with Gasteiger partial charge in [-0.3, -0.25) is 9.69 Å². The van der Waals surface area contributed by atoms with E-state index in [2.05, 4.69) is 41.0 Å². The summed E-state index contributed by atoms with van der Waals surface area (Å²) in [5.74, 6) is 6.18. The molecule has 216 valence electrons. The third kappa shape index (κ3) is 3.70. The van der Waals surface area contributed by atoms with Gasteiger partial charge < -0.3 is 19.8 Å². The highest BCUT2D eigenvalue weighted by Gasteiger charge is 2.78. The first-order chi connectivity index (χ1) is 20.2. The second-order valence-electron chi connectivity index (χ2n) is 12.8. The smallest absolute Gasteiger partial charge is 0.298 e. The molecule has 3 aromatic carbocycles. The Morgan fingerprint density at radius 3 is 2.71 bits per heavy atom. The largest absolute Gasteiger partial charge is 0.504 e. The zero-order valence-electron chi connectivity index (χ0n) is 24.6. The van der Waals surface area contributed by atoms with Gasteiger partial charge in [0.2, 0.25) is 0 Å². The molecule has 7 rings (SSSR count). The monoisotopic (exact) mass is 562 g/mol. The molecule has 4 aliphatic rings. The van der Waals surface area contributed by atoms with Crippen molar-refractivity contribution < 1.29 is 19.7 Å². The molecule has 0 aromatic heterocycles. The Bertz CT molecular complexity index is 1630. The van der Waals surface area contributed by atoms with Gasteiger partial charge in [-0.2, -0.15) is 0 Å². The van der Waals surface area contributed by atoms with Crippen LogP contribution in [0.1, 0.15) is 54.0 Å². The van der Waals surface area contributed by atoms with Gasteiger partial charge in [0.1, 0.15) is 5.60 Å². The van der Waals surface area contributed by atoms with Crippen molar-refractivity contribution in [3.63, 3.8) is 0 Å². The second-order valence-corrected chi connectivity index (χ2v) is 12.8. The average molecular weight is 563 g/mol. The minimum atomic E-state index is -1.06. The number of ether oxygens (including phenoxy) is 1. The third-order valence-electron chi connectivity index (χ3n) is 10.8. The van der Waals surface area contributed by atoms with Gasteiger partial charge in [-0.25, -0.2) is 0 Å². The number of aromatic hydroxyl groups is 1. The lowest BCUT2D eigenvalue weighted by molar-refractivity contribution is -0.228. The van der Waals surface area contributed by atoms with Crippen molar-refractivity contribution in [3.8, 4) is 23.3 Å². The van der Waals surface area contributed by atoms with Gasteiger partial charge in [0.05, 0.1) is 17.1 Å². The summed E-state index contributed by atoms with van der Waals surface area (Å²) in [6.07, 6.45) is 3.43. The molecule has 2 bridgehead atoms. The fourth-order valence-corrected chi connectivity index (χ4v) is 8.89. The summed E-state index contributed by atoms with van der Waals surface area (Å²) in [7, 11) is 1.80. The number of piperidine rings is 1. The SMILES string of the molecule is Cc1cccc(C#CC(=O)N(C)[C@@H]2CC[C@@]3(O)[C@H]4Cc5ccc(O)c6c5[C@@]3(CCN4CCc3ccccc3)[C@@]2(C)O6)c1. The summed E-state index contributed by atoms with van der Waals surface area (Å²) in [5.41, 5.74) is 2.51. The summed E-state index contributed by atoms with van der Waals surface area (Å²) in [6.45, 7) is 5.72. The normalized spacial score (nSPS) is 30.5. The molecule has 42 heavy (non-hydrogen) atoms. The van der Waals surface area contributed by atoms with Crippen LogP contribution < -0.4 is 4.74 Å². The lowest BCUT2D eigenvalue weighted by atomic mass is 9.44. The van der Waals surface area contributed by atoms with E-state index in [1.807, 2.05) is 50.2 Å². The Balaban J connectivity index is 1.26. The van der Waals surface area contributed by atoms with Gasteiger partial charge in [-0.1, -0.05) is 54.5 Å². The van der Waals surface area contributed by atoms with Crippen molar-refractivity contribution in [2.45, 2.75) is 74.7 Å². The van der Waals surface area contributed by atoms with Gasteiger partial charge in [-0.05, 0) is 87.4 Å². The van der Waals surface area contributed by atoms with Crippen molar-refractivity contribution in [2.24, 2.45) is 0 Å². The topological polar surface area (TPSA) is 73.2 Å². The number of aryl methyl sites for hydroxylation is 1. The Hall–Kier alpha value is -3.79. The minimum absolute atomic E-state index is 0.0797. The molecule has 1 saturated heterocycles. The van der Waals surface area contributed by atoms with E-state index in [1.165, 1.54) is 5.56 Å². The molecule has 2 aliphatic carbocycles. The first-order valence-electron chi connectivity index (χ1n) is 15.1. The van der Waals surface area contributed by atoms with E-state index in [9.17, 15) is 15.0 Å². The van der Waals surface area contributed by atoms with Crippen LogP contribution in [0, 0.1) is 18.8 Å². The molecule has 2 aliphatic heterocycles. The van der Waals surface area contributed by atoms with Crippen molar-refractivity contribution >= 4 is 5.91 Å². The molecular formula is C36H38N2O4. The lowest BCUT2D eigenvalue weighted by Crippen LogP contribution is -2.82. The van der Waals surface area contributed by atoms with Crippen LogP contribution in [0.4, 0.5) is 0 Å². The van der Waals surface area contributed by atoms with Crippen molar-refractivity contribution in [1.29, 1.82) is 0 Å². The maximum absolute atomic E-state index is 13.5. The van der Waals surface area contributed by atoms with Crippen LogP contribution in [0.5, 0.6) is 11.5 Å². The van der Waals surface area contributed by atoms with Crippen LogP contribution in [0.15, 0.2) is 66.7 Å². The molecule has 0 unspecified atom stereocenters. The fourth-order valence-electron chi connectivity index (χ4n) is 8.89. The third-order valence-corrected chi connectivity index (χ3v) is 10.8. The van der Waals surface area contributed by atoms with E-state index in [1.54, 1.807) is 18.0 Å². The van der Waals surface area contributed by atoms with Gasteiger partial charge >= 0.3 is 0 Å². The van der Waals surface area contributed by atoms with Crippen molar-refractivity contribution in [3.05, 3.63) is 94.5 Å². The zero-order chi connectivity index (χ0) is 29.3. The number of hydrogen-bond acceptors (Lipinski definition) is 5. The molecule has 1 spiro atoms. The van der Waals surface area contributed by atoms with E-state index in [0.29, 0.717) is 31.4 Å². The summed E-state index contributed by atoms with van der Waals surface area (Å²) in [5, 5.41) is 23.9. The van der Waals surface area contributed by atoms with Crippen molar-refractivity contribution in [1.82, 2.24) is 9.80 Å². The molecule has 5 atom stereocenters.